The zero-order valence-corrected chi connectivity index (χ0v) is 12.8. The number of furan rings is 1. The van der Waals surface area contributed by atoms with Gasteiger partial charge in [0.2, 0.25) is 5.88 Å². The first-order valence-corrected chi connectivity index (χ1v) is 7.37. The number of fused-ring (bicyclic) bond motifs is 1. The number of esters is 1. The molecule has 0 radical (unpaired) electrons. The quantitative estimate of drug-likeness (QED) is 0.814. The zero-order chi connectivity index (χ0) is 16.2. The zero-order valence-electron chi connectivity index (χ0n) is 12.8. The van der Waals surface area contributed by atoms with Crippen LogP contribution in [0.3, 0.4) is 0 Å². The number of ether oxygens (including phenoxy) is 2. The van der Waals surface area contributed by atoms with Crippen molar-refractivity contribution in [1.82, 2.24) is 0 Å². The van der Waals surface area contributed by atoms with Crippen LogP contribution in [0.4, 0.5) is 10.7 Å². The maximum absolute atomic E-state index is 12.3. The summed E-state index contributed by atoms with van der Waals surface area (Å²) in [6, 6.07) is 9.45. The molecule has 0 unspecified atom stereocenters. The molecule has 0 atom stereocenters. The molecule has 2 heterocycles. The van der Waals surface area contributed by atoms with Crippen molar-refractivity contribution in [3.05, 3.63) is 53.3 Å². The van der Waals surface area contributed by atoms with Gasteiger partial charge in [0.25, 0.3) is 0 Å². The number of hydrogen-bond acceptors (Lipinski definition) is 5. The highest BCUT2D eigenvalue weighted by Gasteiger charge is 2.31. The van der Waals surface area contributed by atoms with Crippen molar-refractivity contribution in [3.8, 4) is 0 Å². The maximum atomic E-state index is 12.3. The van der Waals surface area contributed by atoms with E-state index in [2.05, 4.69) is 0 Å². The van der Waals surface area contributed by atoms with Crippen LogP contribution in [0.1, 0.15) is 27.9 Å². The molecule has 0 saturated heterocycles. The van der Waals surface area contributed by atoms with Gasteiger partial charge < -0.3 is 13.9 Å². The maximum Gasteiger partial charge on any atom is 0.416 e. The van der Waals surface area contributed by atoms with Crippen molar-refractivity contribution in [2.75, 3.05) is 18.6 Å². The lowest BCUT2D eigenvalue weighted by Crippen LogP contribution is -2.35. The molecular formula is C17H17NO5. The summed E-state index contributed by atoms with van der Waals surface area (Å²) in [7, 11) is 1.32. The van der Waals surface area contributed by atoms with E-state index in [0.717, 1.165) is 12.0 Å². The minimum Gasteiger partial charge on any atom is -0.465 e. The normalized spacial score (nSPS) is 13.3. The third-order valence-corrected chi connectivity index (χ3v) is 3.76. The summed E-state index contributed by atoms with van der Waals surface area (Å²) < 4.78 is 15.5. The van der Waals surface area contributed by atoms with Crippen LogP contribution in [0.15, 0.2) is 41.0 Å². The molecule has 1 aliphatic rings. The number of carbonyl (C=O) groups is 2. The summed E-state index contributed by atoms with van der Waals surface area (Å²) in [5.41, 5.74) is 1.97. The number of amides is 1. The average molecular weight is 315 g/mol. The topological polar surface area (TPSA) is 69.0 Å². The van der Waals surface area contributed by atoms with Crippen LogP contribution in [-0.2, 0) is 22.5 Å². The Bertz CT molecular complexity index is 707. The molecule has 1 aromatic heterocycles. The molecule has 0 N–H and O–H groups in total. The van der Waals surface area contributed by atoms with Gasteiger partial charge in [-0.15, -0.1) is 0 Å². The summed E-state index contributed by atoms with van der Waals surface area (Å²) in [6.07, 6.45) is 2.25. The number of nitrogens with zero attached hydrogens (tertiary/aromatic N) is 1. The largest absolute Gasteiger partial charge is 0.465 e. The number of benzene rings is 1. The molecular weight excluding hydrogens is 298 g/mol. The van der Waals surface area contributed by atoms with Gasteiger partial charge in [-0.1, -0.05) is 30.3 Å². The van der Waals surface area contributed by atoms with Crippen LogP contribution in [0.2, 0.25) is 0 Å². The van der Waals surface area contributed by atoms with Gasteiger partial charge in [-0.2, -0.15) is 0 Å². The Morgan fingerprint density at radius 2 is 2.04 bits per heavy atom. The minimum atomic E-state index is -0.486. The molecule has 23 heavy (non-hydrogen) atoms. The van der Waals surface area contributed by atoms with Gasteiger partial charge >= 0.3 is 12.1 Å². The Balaban J connectivity index is 1.74. The molecule has 3 rings (SSSR count). The van der Waals surface area contributed by atoms with Crippen molar-refractivity contribution in [2.24, 2.45) is 0 Å². The highest BCUT2D eigenvalue weighted by atomic mass is 16.6. The average Bonchev–Trinajstić information content (AvgIpc) is 3.04. The van der Waals surface area contributed by atoms with Gasteiger partial charge in [-0.3, -0.25) is 0 Å². The third kappa shape index (κ3) is 3.06. The predicted octanol–water partition coefficient (Wildman–Crippen LogP) is 3.16. The van der Waals surface area contributed by atoms with Crippen LogP contribution >= 0.6 is 0 Å². The summed E-state index contributed by atoms with van der Waals surface area (Å²) in [5, 5.41) is 0. The lowest BCUT2D eigenvalue weighted by Gasteiger charge is -2.24. The van der Waals surface area contributed by atoms with Crippen molar-refractivity contribution >= 4 is 17.9 Å². The molecule has 120 valence electrons. The number of anilines is 1. The van der Waals surface area contributed by atoms with E-state index >= 15 is 0 Å². The van der Waals surface area contributed by atoms with Gasteiger partial charge in [0.05, 0.1) is 7.11 Å². The van der Waals surface area contributed by atoms with Crippen molar-refractivity contribution in [1.29, 1.82) is 0 Å². The number of hydrogen-bond donors (Lipinski definition) is 0. The minimum absolute atomic E-state index is 0.191. The third-order valence-electron chi connectivity index (χ3n) is 3.76. The molecule has 1 amide bonds. The van der Waals surface area contributed by atoms with E-state index in [9.17, 15) is 9.59 Å². The summed E-state index contributed by atoms with van der Waals surface area (Å²) in [5.74, 6) is -0.0933. The number of rotatable bonds is 3. The first-order chi connectivity index (χ1) is 11.2. The van der Waals surface area contributed by atoms with Crippen LogP contribution in [-0.4, -0.2) is 25.7 Å². The van der Waals surface area contributed by atoms with Crippen LogP contribution < -0.4 is 4.90 Å². The lowest BCUT2D eigenvalue weighted by molar-refractivity contribution is 0.0598. The SMILES string of the molecule is COC(=O)c1coc2c1CCCN2C(=O)OCc1ccccc1. The fourth-order valence-corrected chi connectivity index (χ4v) is 2.61. The van der Waals surface area contributed by atoms with Gasteiger partial charge in [0.1, 0.15) is 18.4 Å². The van der Waals surface area contributed by atoms with Crippen LogP contribution in [0.5, 0.6) is 0 Å². The van der Waals surface area contributed by atoms with E-state index in [0.29, 0.717) is 30.0 Å². The summed E-state index contributed by atoms with van der Waals surface area (Å²) >= 11 is 0. The van der Waals surface area contributed by atoms with E-state index < -0.39 is 12.1 Å². The van der Waals surface area contributed by atoms with Gasteiger partial charge in [0, 0.05) is 12.1 Å². The first kappa shape index (κ1) is 15.1. The second-order valence-corrected chi connectivity index (χ2v) is 5.22. The highest BCUT2D eigenvalue weighted by Crippen LogP contribution is 2.32. The standard InChI is InChI=1S/C17H17NO5/c1-21-16(19)14-11-22-15-13(14)8-5-9-18(15)17(20)23-10-12-6-3-2-4-7-12/h2-4,6-7,11H,5,8-10H2,1H3. The molecule has 6 nitrogen and oxygen atoms in total. The van der Waals surface area contributed by atoms with Crippen molar-refractivity contribution < 1.29 is 23.5 Å². The Morgan fingerprint density at radius 1 is 1.26 bits per heavy atom. The molecule has 6 heteroatoms. The highest BCUT2D eigenvalue weighted by molar-refractivity contribution is 5.95. The van der Waals surface area contributed by atoms with Gasteiger partial charge in [-0.25, -0.2) is 14.5 Å². The van der Waals surface area contributed by atoms with Crippen LogP contribution in [0, 0.1) is 0 Å². The summed E-state index contributed by atoms with van der Waals surface area (Å²) in [6.45, 7) is 0.685. The number of methoxy groups -OCH3 is 1. The van der Waals surface area contributed by atoms with Gasteiger partial charge in [-0.05, 0) is 18.4 Å². The molecule has 1 aliphatic heterocycles. The Labute approximate surface area is 133 Å². The van der Waals surface area contributed by atoms with E-state index in [1.807, 2.05) is 30.3 Å². The monoisotopic (exact) mass is 315 g/mol. The lowest BCUT2D eigenvalue weighted by atomic mass is 10.0. The summed E-state index contributed by atoms with van der Waals surface area (Å²) in [4.78, 5) is 25.5. The smallest absolute Gasteiger partial charge is 0.416 e. The molecule has 2 aromatic rings. The fraction of sp³-hybridized carbons (Fsp3) is 0.294. The Kier molecular flexibility index (Phi) is 4.32. The van der Waals surface area contributed by atoms with Crippen LogP contribution in [0.25, 0.3) is 0 Å². The predicted molar refractivity (Wildman–Crippen MR) is 82.3 cm³/mol. The van der Waals surface area contributed by atoms with E-state index in [4.69, 9.17) is 13.9 Å². The van der Waals surface area contributed by atoms with E-state index in [1.54, 1.807) is 0 Å². The Morgan fingerprint density at radius 3 is 2.78 bits per heavy atom. The first-order valence-electron chi connectivity index (χ1n) is 7.37. The molecule has 0 saturated carbocycles. The second kappa shape index (κ2) is 6.56. The van der Waals surface area contributed by atoms with Crippen molar-refractivity contribution in [3.63, 3.8) is 0 Å². The second-order valence-electron chi connectivity index (χ2n) is 5.22. The fourth-order valence-electron chi connectivity index (χ4n) is 2.61. The van der Waals surface area contributed by atoms with E-state index in [-0.39, 0.29) is 6.61 Å². The Hall–Kier alpha value is -2.76. The molecule has 0 bridgehead atoms. The molecule has 0 fully saturated rings. The molecule has 0 spiro atoms. The molecule has 1 aromatic carbocycles. The molecule has 0 aliphatic carbocycles. The van der Waals surface area contributed by atoms with E-state index in [1.165, 1.54) is 18.3 Å². The van der Waals surface area contributed by atoms with Crippen molar-refractivity contribution in [2.45, 2.75) is 19.4 Å². The number of carbonyl (C=O) groups excluding carboxylic acids is 2. The van der Waals surface area contributed by atoms with Gasteiger partial charge in [0.15, 0.2) is 0 Å².